The summed E-state index contributed by atoms with van der Waals surface area (Å²) in [5.41, 5.74) is 1.91. The van der Waals surface area contributed by atoms with E-state index in [1.165, 1.54) is 12.1 Å². The Bertz CT molecular complexity index is 692. The quantitative estimate of drug-likeness (QED) is 0.320. The van der Waals surface area contributed by atoms with E-state index in [1.54, 1.807) is 12.1 Å². The first-order valence-corrected chi connectivity index (χ1v) is 8.43. The van der Waals surface area contributed by atoms with Crippen molar-refractivity contribution in [2.24, 2.45) is 0 Å². The highest BCUT2D eigenvalue weighted by Crippen LogP contribution is 2.16. The average molecular weight is 359 g/mol. The summed E-state index contributed by atoms with van der Waals surface area (Å²) in [5.74, 6) is 0. The molecule has 0 saturated heterocycles. The molecule has 6 nitrogen and oxygen atoms in total. The highest BCUT2D eigenvalue weighted by Gasteiger charge is 2.06. The zero-order valence-corrected chi connectivity index (χ0v) is 14.8. The van der Waals surface area contributed by atoms with E-state index in [1.807, 2.05) is 37.3 Å². The van der Waals surface area contributed by atoms with Crippen LogP contribution in [0.1, 0.15) is 25.0 Å². The van der Waals surface area contributed by atoms with Gasteiger partial charge in [-0.25, -0.2) is 0 Å². The summed E-state index contributed by atoms with van der Waals surface area (Å²) in [5, 5.41) is 17.2. The number of rotatable bonds is 8. The van der Waals surface area contributed by atoms with Crippen molar-refractivity contribution in [3.63, 3.8) is 0 Å². The predicted molar refractivity (Wildman–Crippen MR) is 103 cm³/mol. The van der Waals surface area contributed by atoms with Crippen molar-refractivity contribution < 1.29 is 9.66 Å². The molecule has 0 radical (unpaired) electrons. The Labute approximate surface area is 152 Å². The van der Waals surface area contributed by atoms with E-state index in [9.17, 15) is 10.1 Å². The predicted octanol–water partition coefficient (Wildman–Crippen LogP) is 4.05. The second-order valence-electron chi connectivity index (χ2n) is 5.46. The van der Waals surface area contributed by atoms with E-state index in [0.717, 1.165) is 12.0 Å². The fourth-order valence-corrected chi connectivity index (χ4v) is 2.42. The minimum atomic E-state index is -0.434. The number of nitro benzene ring substituents is 1. The number of hydrogen-bond acceptors (Lipinski definition) is 4. The highest BCUT2D eigenvalue weighted by atomic mass is 32.1. The third kappa shape index (κ3) is 6.48. The molecule has 2 aromatic carbocycles. The largest absolute Gasteiger partial charge is 0.374 e. The van der Waals surface area contributed by atoms with E-state index < -0.39 is 4.92 Å². The molecule has 2 aromatic rings. The Morgan fingerprint density at radius 2 is 1.88 bits per heavy atom. The van der Waals surface area contributed by atoms with Crippen LogP contribution in [0.5, 0.6) is 0 Å². The van der Waals surface area contributed by atoms with Crippen molar-refractivity contribution in [2.75, 3.05) is 18.5 Å². The second-order valence-corrected chi connectivity index (χ2v) is 5.87. The van der Waals surface area contributed by atoms with Gasteiger partial charge in [-0.15, -0.1) is 0 Å². The van der Waals surface area contributed by atoms with Crippen LogP contribution in [0.4, 0.5) is 11.4 Å². The lowest BCUT2D eigenvalue weighted by atomic mass is 10.1. The smallest absolute Gasteiger partial charge is 0.269 e. The number of benzene rings is 2. The van der Waals surface area contributed by atoms with E-state index >= 15 is 0 Å². The third-order valence-corrected chi connectivity index (χ3v) is 3.83. The molecule has 0 aliphatic rings. The van der Waals surface area contributed by atoms with Gasteiger partial charge < -0.3 is 15.4 Å². The number of ether oxygens (including phenoxy) is 1. The second kappa shape index (κ2) is 9.71. The third-order valence-electron chi connectivity index (χ3n) is 3.58. The molecule has 2 N–H and O–H groups in total. The van der Waals surface area contributed by atoms with Crippen molar-refractivity contribution in [3.05, 3.63) is 70.3 Å². The number of anilines is 1. The van der Waals surface area contributed by atoms with Crippen LogP contribution in [0.3, 0.4) is 0 Å². The summed E-state index contributed by atoms with van der Waals surface area (Å²) in [4.78, 5) is 10.2. The molecule has 7 heteroatoms. The van der Waals surface area contributed by atoms with Crippen molar-refractivity contribution in [1.29, 1.82) is 0 Å². The Kier molecular flexibility index (Phi) is 7.31. The Morgan fingerprint density at radius 3 is 2.52 bits per heavy atom. The van der Waals surface area contributed by atoms with Crippen LogP contribution in [0.25, 0.3) is 0 Å². The molecule has 132 valence electrons. The van der Waals surface area contributed by atoms with Gasteiger partial charge in [-0.1, -0.05) is 30.3 Å². The number of hydrogen-bond donors (Lipinski definition) is 2. The van der Waals surface area contributed by atoms with Crippen LogP contribution in [0.15, 0.2) is 54.6 Å². The van der Waals surface area contributed by atoms with Gasteiger partial charge in [-0.05, 0) is 43.3 Å². The maximum Gasteiger partial charge on any atom is 0.269 e. The van der Waals surface area contributed by atoms with Crippen LogP contribution in [0, 0.1) is 10.1 Å². The average Bonchev–Trinajstić information content (AvgIpc) is 2.62. The molecule has 0 aliphatic heterocycles. The molecule has 0 amide bonds. The summed E-state index contributed by atoms with van der Waals surface area (Å²) >= 11 is 5.20. The Balaban J connectivity index is 1.63. The summed E-state index contributed by atoms with van der Waals surface area (Å²) in [7, 11) is 0. The van der Waals surface area contributed by atoms with Crippen molar-refractivity contribution in [3.8, 4) is 0 Å². The van der Waals surface area contributed by atoms with Crippen LogP contribution in [-0.2, 0) is 4.74 Å². The lowest BCUT2D eigenvalue weighted by Gasteiger charge is -2.14. The first-order chi connectivity index (χ1) is 12.1. The lowest BCUT2D eigenvalue weighted by molar-refractivity contribution is -0.384. The molecule has 0 heterocycles. The van der Waals surface area contributed by atoms with Gasteiger partial charge in [0.25, 0.3) is 5.69 Å². The molecule has 0 unspecified atom stereocenters. The van der Waals surface area contributed by atoms with Gasteiger partial charge in [0.05, 0.1) is 11.0 Å². The molecule has 1 atom stereocenters. The summed E-state index contributed by atoms with van der Waals surface area (Å²) in [6.07, 6.45) is 0.880. The van der Waals surface area contributed by atoms with Gasteiger partial charge in [0.1, 0.15) is 0 Å². The molecule has 0 saturated carbocycles. The van der Waals surface area contributed by atoms with E-state index in [2.05, 4.69) is 10.6 Å². The minimum absolute atomic E-state index is 0.0501. The standard InChI is InChI=1S/C18H21N3O3S/c1-14(15-6-3-2-4-7-15)24-13-5-12-19-18(25)20-16-8-10-17(11-9-16)21(22)23/h2-4,6-11,14H,5,12-13H2,1H3,(H2,19,20,25)/t14-/m0/s1. The number of nitrogens with one attached hydrogen (secondary N) is 2. The first kappa shape index (κ1) is 18.8. The lowest BCUT2D eigenvalue weighted by Crippen LogP contribution is -2.29. The molecule has 25 heavy (non-hydrogen) atoms. The zero-order valence-electron chi connectivity index (χ0n) is 14.0. The summed E-state index contributed by atoms with van der Waals surface area (Å²) in [6.45, 7) is 3.34. The summed E-state index contributed by atoms with van der Waals surface area (Å²) < 4.78 is 5.80. The maximum absolute atomic E-state index is 10.6. The molecule has 0 aromatic heterocycles. The van der Waals surface area contributed by atoms with Crippen LogP contribution in [0.2, 0.25) is 0 Å². The van der Waals surface area contributed by atoms with Crippen LogP contribution >= 0.6 is 12.2 Å². The molecule has 0 spiro atoms. The molecular weight excluding hydrogens is 338 g/mol. The van der Waals surface area contributed by atoms with E-state index in [0.29, 0.717) is 24.0 Å². The molecule has 2 rings (SSSR count). The topological polar surface area (TPSA) is 76.4 Å². The fraction of sp³-hybridized carbons (Fsp3) is 0.278. The van der Waals surface area contributed by atoms with Crippen molar-refractivity contribution >= 4 is 28.7 Å². The van der Waals surface area contributed by atoms with Crippen molar-refractivity contribution in [2.45, 2.75) is 19.4 Å². The van der Waals surface area contributed by atoms with E-state index in [4.69, 9.17) is 17.0 Å². The first-order valence-electron chi connectivity index (χ1n) is 8.02. The van der Waals surface area contributed by atoms with Crippen molar-refractivity contribution in [1.82, 2.24) is 5.32 Å². The normalized spacial score (nSPS) is 11.6. The molecule has 0 aliphatic carbocycles. The fourth-order valence-electron chi connectivity index (χ4n) is 2.20. The van der Waals surface area contributed by atoms with E-state index in [-0.39, 0.29) is 11.8 Å². The minimum Gasteiger partial charge on any atom is -0.374 e. The maximum atomic E-state index is 10.6. The van der Waals surface area contributed by atoms with Gasteiger partial charge in [-0.3, -0.25) is 10.1 Å². The Morgan fingerprint density at radius 1 is 1.20 bits per heavy atom. The zero-order chi connectivity index (χ0) is 18.1. The van der Waals surface area contributed by atoms with Crippen LogP contribution < -0.4 is 10.6 Å². The number of nitro groups is 1. The van der Waals surface area contributed by atoms with Gasteiger partial charge in [0.2, 0.25) is 0 Å². The Hall–Kier alpha value is -2.51. The highest BCUT2D eigenvalue weighted by molar-refractivity contribution is 7.80. The number of non-ortho nitro benzene ring substituents is 1. The van der Waals surface area contributed by atoms with Gasteiger partial charge >= 0.3 is 0 Å². The number of thiocarbonyl (C=S) groups is 1. The molecular formula is C18H21N3O3S. The molecule has 0 bridgehead atoms. The van der Waals surface area contributed by atoms with Gasteiger partial charge in [0, 0.05) is 31.0 Å². The molecule has 0 fully saturated rings. The SMILES string of the molecule is C[C@H](OCCCNC(=S)Nc1ccc([N+](=O)[O-])cc1)c1ccccc1. The monoisotopic (exact) mass is 359 g/mol. The number of nitrogens with zero attached hydrogens (tertiary/aromatic N) is 1. The van der Waals surface area contributed by atoms with Gasteiger partial charge in [-0.2, -0.15) is 0 Å². The summed E-state index contributed by atoms with van der Waals surface area (Å²) in [6, 6.07) is 16.2. The van der Waals surface area contributed by atoms with Crippen LogP contribution in [-0.4, -0.2) is 23.2 Å². The van der Waals surface area contributed by atoms with Gasteiger partial charge in [0.15, 0.2) is 5.11 Å².